The van der Waals surface area contributed by atoms with E-state index >= 15 is 0 Å². The molecule has 15 heavy (non-hydrogen) atoms. The quantitative estimate of drug-likeness (QED) is 0.589. The summed E-state index contributed by atoms with van der Waals surface area (Å²) in [6.45, 7) is 4.10. The van der Waals surface area contributed by atoms with Gasteiger partial charge < -0.3 is 0 Å². The maximum atomic E-state index is 8.79. The number of hydrogen-bond donors (Lipinski definition) is 0. The number of thioether (sulfide) groups is 1. The van der Waals surface area contributed by atoms with E-state index in [1.807, 2.05) is 19.1 Å². The fourth-order valence-electron chi connectivity index (χ4n) is 1.13. The fraction of sp³-hybridized carbons (Fsp3) is 0.417. The van der Waals surface area contributed by atoms with Crippen LogP contribution in [0.15, 0.2) is 23.1 Å². The van der Waals surface area contributed by atoms with E-state index in [0.29, 0.717) is 11.8 Å². The van der Waals surface area contributed by atoms with Crippen LogP contribution < -0.4 is 0 Å². The molecule has 0 fully saturated rings. The zero-order valence-electron chi connectivity index (χ0n) is 8.96. The Morgan fingerprint density at radius 3 is 2.80 bits per heavy atom. The van der Waals surface area contributed by atoms with E-state index in [9.17, 15) is 0 Å². The Morgan fingerprint density at radius 2 is 2.27 bits per heavy atom. The van der Waals surface area contributed by atoms with E-state index in [1.54, 1.807) is 11.8 Å². The molecule has 0 aliphatic carbocycles. The SMILES string of the molecule is Cc1cc(SCC(C)CCl)ccc1C#N. The number of nitriles is 1. The molecule has 1 aromatic rings. The van der Waals surface area contributed by atoms with Crippen molar-refractivity contribution in [1.82, 2.24) is 0 Å². The molecule has 80 valence electrons. The third kappa shape index (κ3) is 3.77. The van der Waals surface area contributed by atoms with E-state index in [2.05, 4.69) is 19.1 Å². The Balaban J connectivity index is 2.64. The van der Waals surface area contributed by atoms with Crippen LogP contribution in [-0.4, -0.2) is 11.6 Å². The summed E-state index contributed by atoms with van der Waals surface area (Å²) in [5.74, 6) is 2.24. The molecule has 1 aromatic carbocycles. The summed E-state index contributed by atoms with van der Waals surface area (Å²) in [4.78, 5) is 1.21. The molecular formula is C12H14ClNS. The lowest BCUT2D eigenvalue weighted by molar-refractivity contribution is 0.759. The van der Waals surface area contributed by atoms with Crippen molar-refractivity contribution in [3.05, 3.63) is 29.3 Å². The highest BCUT2D eigenvalue weighted by Gasteiger charge is 2.03. The van der Waals surface area contributed by atoms with Gasteiger partial charge in [0, 0.05) is 16.5 Å². The normalized spacial score (nSPS) is 12.1. The Hall–Kier alpha value is -0.650. The first-order valence-corrected chi connectivity index (χ1v) is 6.39. The molecule has 3 heteroatoms. The van der Waals surface area contributed by atoms with Gasteiger partial charge in [-0.15, -0.1) is 23.4 Å². The Bertz CT molecular complexity index is 370. The fourth-order valence-corrected chi connectivity index (χ4v) is 2.39. The van der Waals surface area contributed by atoms with Crippen molar-refractivity contribution in [2.75, 3.05) is 11.6 Å². The number of benzene rings is 1. The Morgan fingerprint density at radius 1 is 1.53 bits per heavy atom. The molecule has 1 unspecified atom stereocenters. The number of alkyl halides is 1. The molecule has 0 radical (unpaired) electrons. The van der Waals surface area contributed by atoms with Gasteiger partial charge in [-0.25, -0.2) is 0 Å². The molecule has 1 atom stereocenters. The number of nitrogens with zero attached hydrogens (tertiary/aromatic N) is 1. The molecule has 0 aliphatic rings. The van der Waals surface area contributed by atoms with Gasteiger partial charge in [0.2, 0.25) is 0 Å². The van der Waals surface area contributed by atoms with Gasteiger partial charge in [0.05, 0.1) is 11.6 Å². The van der Waals surface area contributed by atoms with Crippen LogP contribution in [0.25, 0.3) is 0 Å². The smallest absolute Gasteiger partial charge is 0.0994 e. The highest BCUT2D eigenvalue weighted by Crippen LogP contribution is 2.23. The lowest BCUT2D eigenvalue weighted by Gasteiger charge is -2.07. The minimum Gasteiger partial charge on any atom is -0.192 e. The topological polar surface area (TPSA) is 23.8 Å². The molecule has 0 bridgehead atoms. The van der Waals surface area contributed by atoms with E-state index in [4.69, 9.17) is 16.9 Å². The second-order valence-electron chi connectivity index (χ2n) is 3.66. The van der Waals surface area contributed by atoms with Crippen molar-refractivity contribution in [3.8, 4) is 6.07 Å². The molecule has 0 amide bonds. The predicted octanol–water partition coefficient (Wildman–Crippen LogP) is 3.83. The second kappa shape index (κ2) is 6.05. The Kier molecular flexibility index (Phi) is 5.01. The van der Waals surface area contributed by atoms with Gasteiger partial charge in [0.1, 0.15) is 0 Å². The first-order valence-electron chi connectivity index (χ1n) is 4.87. The average Bonchev–Trinajstić information content (AvgIpc) is 2.26. The second-order valence-corrected chi connectivity index (χ2v) is 5.06. The highest BCUT2D eigenvalue weighted by molar-refractivity contribution is 7.99. The summed E-state index contributed by atoms with van der Waals surface area (Å²) >= 11 is 7.53. The van der Waals surface area contributed by atoms with Crippen LogP contribution in [-0.2, 0) is 0 Å². The first-order chi connectivity index (χ1) is 7.17. The van der Waals surface area contributed by atoms with Crippen molar-refractivity contribution >= 4 is 23.4 Å². The van der Waals surface area contributed by atoms with Crippen molar-refractivity contribution in [3.63, 3.8) is 0 Å². The summed E-state index contributed by atoms with van der Waals surface area (Å²) in [6.07, 6.45) is 0. The van der Waals surface area contributed by atoms with Gasteiger partial charge in [0.25, 0.3) is 0 Å². The standard InChI is InChI=1S/C12H14ClNS/c1-9(6-13)8-15-12-4-3-11(7-14)10(2)5-12/h3-5,9H,6,8H2,1-2H3. The zero-order chi connectivity index (χ0) is 11.3. The summed E-state index contributed by atoms with van der Waals surface area (Å²) < 4.78 is 0. The molecular weight excluding hydrogens is 226 g/mol. The van der Waals surface area contributed by atoms with Gasteiger partial charge in [0.15, 0.2) is 0 Å². The molecule has 1 rings (SSSR count). The minimum absolute atomic E-state index is 0.521. The van der Waals surface area contributed by atoms with E-state index in [1.165, 1.54) is 4.90 Å². The number of aryl methyl sites for hydroxylation is 1. The number of halogens is 1. The summed E-state index contributed by atoms with van der Waals surface area (Å²) in [5.41, 5.74) is 1.80. The summed E-state index contributed by atoms with van der Waals surface area (Å²) in [6, 6.07) is 8.10. The largest absolute Gasteiger partial charge is 0.192 e. The van der Waals surface area contributed by atoms with Crippen molar-refractivity contribution in [1.29, 1.82) is 5.26 Å². The molecule has 0 saturated heterocycles. The average molecular weight is 240 g/mol. The maximum absolute atomic E-state index is 8.79. The van der Waals surface area contributed by atoms with Crippen LogP contribution in [0.5, 0.6) is 0 Å². The van der Waals surface area contributed by atoms with Crippen molar-refractivity contribution in [2.45, 2.75) is 18.7 Å². The maximum Gasteiger partial charge on any atom is 0.0994 e. The number of hydrogen-bond acceptors (Lipinski definition) is 2. The van der Waals surface area contributed by atoms with Crippen LogP contribution in [0.4, 0.5) is 0 Å². The Labute approximate surface area is 100 Å². The first kappa shape index (κ1) is 12.4. The van der Waals surface area contributed by atoms with E-state index in [0.717, 1.165) is 16.9 Å². The molecule has 0 heterocycles. The third-order valence-electron chi connectivity index (χ3n) is 2.12. The monoisotopic (exact) mass is 239 g/mol. The zero-order valence-corrected chi connectivity index (χ0v) is 10.5. The van der Waals surface area contributed by atoms with E-state index < -0.39 is 0 Å². The summed E-state index contributed by atoms with van der Waals surface area (Å²) in [7, 11) is 0. The molecule has 0 aliphatic heterocycles. The van der Waals surface area contributed by atoms with Crippen LogP contribution in [0.1, 0.15) is 18.1 Å². The van der Waals surface area contributed by atoms with Gasteiger partial charge >= 0.3 is 0 Å². The van der Waals surface area contributed by atoms with Gasteiger partial charge in [-0.2, -0.15) is 5.26 Å². The van der Waals surface area contributed by atoms with Crippen LogP contribution >= 0.6 is 23.4 Å². The highest BCUT2D eigenvalue weighted by atomic mass is 35.5. The van der Waals surface area contributed by atoms with Gasteiger partial charge in [-0.1, -0.05) is 6.92 Å². The van der Waals surface area contributed by atoms with Gasteiger partial charge in [-0.3, -0.25) is 0 Å². The minimum atomic E-state index is 0.521. The van der Waals surface area contributed by atoms with Crippen LogP contribution in [0.3, 0.4) is 0 Å². The third-order valence-corrected chi connectivity index (χ3v) is 3.97. The predicted molar refractivity (Wildman–Crippen MR) is 66.5 cm³/mol. The van der Waals surface area contributed by atoms with Crippen LogP contribution in [0.2, 0.25) is 0 Å². The molecule has 0 aromatic heterocycles. The molecule has 1 nitrogen and oxygen atoms in total. The lowest BCUT2D eigenvalue weighted by Crippen LogP contribution is -1.98. The van der Waals surface area contributed by atoms with Crippen molar-refractivity contribution < 1.29 is 0 Å². The van der Waals surface area contributed by atoms with Crippen LogP contribution in [0, 0.1) is 24.2 Å². The van der Waals surface area contributed by atoms with Gasteiger partial charge in [-0.05, 0) is 36.6 Å². The molecule has 0 N–H and O–H groups in total. The number of rotatable bonds is 4. The van der Waals surface area contributed by atoms with E-state index in [-0.39, 0.29) is 0 Å². The van der Waals surface area contributed by atoms with Crippen molar-refractivity contribution in [2.24, 2.45) is 5.92 Å². The molecule has 0 spiro atoms. The summed E-state index contributed by atoms with van der Waals surface area (Å²) in [5, 5.41) is 8.79. The lowest BCUT2D eigenvalue weighted by atomic mass is 10.1. The molecule has 0 saturated carbocycles.